The number of fused-ring (bicyclic) bond motifs is 1. The number of halogens is 1. The molecule has 8 heteroatoms. The Morgan fingerprint density at radius 1 is 1.12 bits per heavy atom. The Morgan fingerprint density at radius 2 is 1.93 bits per heavy atom. The van der Waals surface area contributed by atoms with E-state index in [0.717, 1.165) is 33.2 Å². The highest BCUT2D eigenvalue weighted by molar-refractivity contribution is 7.90. The number of carbonyl (C=O) groups is 1. The van der Waals surface area contributed by atoms with Crippen molar-refractivity contribution in [2.45, 2.75) is 58.4 Å². The van der Waals surface area contributed by atoms with Crippen LogP contribution in [0.1, 0.15) is 56.0 Å². The Kier molecular flexibility index (Phi) is 9.56. The van der Waals surface area contributed by atoms with Crippen molar-refractivity contribution in [3.63, 3.8) is 0 Å². The van der Waals surface area contributed by atoms with E-state index < -0.39 is 28.8 Å². The van der Waals surface area contributed by atoms with Crippen LogP contribution < -0.4 is 9.46 Å². The molecule has 0 spiro atoms. The predicted octanol–water partition coefficient (Wildman–Crippen LogP) is 7.16. The average molecular weight is 566 g/mol. The lowest BCUT2D eigenvalue weighted by Gasteiger charge is -2.27. The zero-order chi connectivity index (χ0) is 28.9. The van der Waals surface area contributed by atoms with Gasteiger partial charge in [0, 0.05) is 27.9 Å². The quantitative estimate of drug-likeness (QED) is 0.154. The number of hydrogen-bond acceptors (Lipinski definition) is 6. The second kappa shape index (κ2) is 12.9. The molecule has 4 aromatic rings. The molecule has 4 rings (SSSR count). The maximum atomic E-state index is 14.1. The average Bonchev–Trinajstić information content (AvgIpc) is 3.39. The van der Waals surface area contributed by atoms with E-state index in [1.54, 1.807) is 13.2 Å². The first-order valence-electron chi connectivity index (χ1n) is 13.3. The minimum Gasteiger partial charge on any atom is -0.598 e. The standard InChI is InChI=1S/C32H36FNO5S/c1-6-37-30(35)18-25-11-10-21(2)14-29(25)39-20-22-15-26-12-13-38-31(26)27(16-22)23-8-7-9-24(17-23)28(19-33)34-40(36)32(3,4)5/h7-17,28,34H,6,18-20H2,1-5H3/t28-,40?/m0/s1. The molecule has 0 aliphatic carbocycles. The van der Waals surface area contributed by atoms with Gasteiger partial charge >= 0.3 is 5.97 Å². The molecule has 0 saturated heterocycles. The lowest BCUT2D eigenvalue weighted by atomic mass is 9.97. The SMILES string of the molecule is CCOC(=O)Cc1ccc(C)cc1OCc1cc(-c2cccc([C@H](CF)N[S+]([O-])C(C)(C)C)c2)c2occc2c1. The summed E-state index contributed by atoms with van der Waals surface area (Å²) in [5.74, 6) is 0.332. The lowest BCUT2D eigenvalue weighted by molar-refractivity contribution is -0.142. The van der Waals surface area contributed by atoms with E-state index in [4.69, 9.17) is 13.9 Å². The molecule has 0 fully saturated rings. The number of aryl methyl sites for hydroxylation is 1. The number of esters is 1. The molecule has 6 nitrogen and oxygen atoms in total. The van der Waals surface area contributed by atoms with Crippen LogP contribution in [0.15, 0.2) is 71.3 Å². The number of nitrogens with one attached hydrogen (secondary N) is 1. The highest BCUT2D eigenvalue weighted by atomic mass is 32.2. The summed E-state index contributed by atoms with van der Waals surface area (Å²) in [5, 5.41) is 0.909. The van der Waals surface area contributed by atoms with Crippen molar-refractivity contribution < 1.29 is 27.6 Å². The first kappa shape index (κ1) is 29.6. The van der Waals surface area contributed by atoms with Gasteiger partial charge in [-0.3, -0.25) is 4.79 Å². The molecule has 1 unspecified atom stereocenters. The molecule has 3 aromatic carbocycles. The fourth-order valence-corrected chi connectivity index (χ4v) is 5.14. The smallest absolute Gasteiger partial charge is 0.310 e. The van der Waals surface area contributed by atoms with Crippen molar-refractivity contribution in [1.29, 1.82) is 0 Å². The minimum atomic E-state index is -1.42. The zero-order valence-electron chi connectivity index (χ0n) is 23.6. The number of furan rings is 1. The lowest BCUT2D eigenvalue weighted by Crippen LogP contribution is -2.41. The summed E-state index contributed by atoms with van der Waals surface area (Å²) in [5.41, 5.74) is 5.79. The first-order valence-corrected chi connectivity index (χ1v) is 14.5. The molecular formula is C32H36FNO5S. The van der Waals surface area contributed by atoms with Crippen molar-refractivity contribution >= 4 is 28.3 Å². The molecule has 1 heterocycles. The molecule has 1 N–H and O–H groups in total. The van der Waals surface area contributed by atoms with Crippen molar-refractivity contribution in [2.24, 2.45) is 0 Å². The summed E-state index contributed by atoms with van der Waals surface area (Å²) in [6, 6.07) is 18.5. The number of hydrogen-bond donors (Lipinski definition) is 1. The molecule has 0 aliphatic heterocycles. The summed E-state index contributed by atoms with van der Waals surface area (Å²) < 4.78 is 46.3. The molecule has 212 valence electrons. The van der Waals surface area contributed by atoms with Gasteiger partial charge in [-0.15, -0.1) is 4.72 Å². The summed E-state index contributed by atoms with van der Waals surface area (Å²) in [7, 11) is 0. The maximum absolute atomic E-state index is 14.1. The van der Waals surface area contributed by atoms with E-state index >= 15 is 0 Å². The van der Waals surface area contributed by atoms with Crippen LogP contribution in [-0.4, -0.2) is 28.6 Å². The Bertz CT molecular complexity index is 1460. The molecule has 0 bridgehead atoms. The van der Waals surface area contributed by atoms with Crippen molar-refractivity contribution in [3.8, 4) is 16.9 Å². The maximum Gasteiger partial charge on any atom is 0.310 e. The van der Waals surface area contributed by atoms with Crippen molar-refractivity contribution in [3.05, 3.63) is 89.2 Å². The number of ether oxygens (including phenoxy) is 2. The number of alkyl halides is 1. The van der Waals surface area contributed by atoms with Gasteiger partial charge in [-0.2, -0.15) is 0 Å². The second-order valence-corrected chi connectivity index (χ2v) is 12.7. The fraction of sp³-hybridized carbons (Fsp3) is 0.344. The van der Waals surface area contributed by atoms with Gasteiger partial charge in [0.05, 0.1) is 19.3 Å². The third-order valence-electron chi connectivity index (χ3n) is 6.43. The molecule has 0 aliphatic rings. The van der Waals surface area contributed by atoms with Gasteiger partial charge in [0.1, 0.15) is 35.4 Å². The highest BCUT2D eigenvalue weighted by Gasteiger charge is 2.30. The van der Waals surface area contributed by atoms with Crippen LogP contribution >= 0.6 is 0 Å². The molecule has 2 atom stereocenters. The second-order valence-electron chi connectivity index (χ2n) is 10.7. The third kappa shape index (κ3) is 7.24. The van der Waals surface area contributed by atoms with Crippen LogP contribution in [0.4, 0.5) is 4.39 Å². The normalized spacial score (nSPS) is 13.3. The topological polar surface area (TPSA) is 83.8 Å². The first-order chi connectivity index (χ1) is 19.1. The van der Waals surface area contributed by atoms with Crippen LogP contribution in [0.25, 0.3) is 22.1 Å². The van der Waals surface area contributed by atoms with Gasteiger partial charge in [0.25, 0.3) is 0 Å². The highest BCUT2D eigenvalue weighted by Crippen LogP contribution is 2.34. The van der Waals surface area contributed by atoms with E-state index in [1.807, 2.05) is 88.4 Å². The molecular weight excluding hydrogens is 529 g/mol. The van der Waals surface area contributed by atoms with E-state index in [0.29, 0.717) is 23.5 Å². The van der Waals surface area contributed by atoms with Crippen molar-refractivity contribution in [2.75, 3.05) is 13.3 Å². The number of benzene rings is 3. The molecule has 40 heavy (non-hydrogen) atoms. The Balaban J connectivity index is 1.63. The van der Waals surface area contributed by atoms with Gasteiger partial charge in [0.15, 0.2) is 0 Å². The van der Waals surface area contributed by atoms with Gasteiger partial charge < -0.3 is 18.4 Å². The zero-order valence-corrected chi connectivity index (χ0v) is 24.4. The fourth-order valence-electron chi connectivity index (χ4n) is 4.33. The molecule has 1 aromatic heterocycles. The van der Waals surface area contributed by atoms with Crippen LogP contribution in [-0.2, 0) is 33.9 Å². The molecule has 0 radical (unpaired) electrons. The predicted molar refractivity (Wildman–Crippen MR) is 157 cm³/mol. The Labute approximate surface area is 238 Å². The van der Waals surface area contributed by atoms with Crippen LogP contribution in [0.5, 0.6) is 5.75 Å². The van der Waals surface area contributed by atoms with Crippen LogP contribution in [0, 0.1) is 6.92 Å². The summed E-state index contributed by atoms with van der Waals surface area (Å²) in [6.07, 6.45) is 1.77. The van der Waals surface area contributed by atoms with E-state index in [2.05, 4.69) is 4.72 Å². The number of rotatable bonds is 11. The summed E-state index contributed by atoms with van der Waals surface area (Å²) >= 11 is -1.42. The van der Waals surface area contributed by atoms with Crippen molar-refractivity contribution in [1.82, 2.24) is 4.72 Å². The summed E-state index contributed by atoms with van der Waals surface area (Å²) in [6.45, 7) is 9.20. The largest absolute Gasteiger partial charge is 0.598 e. The monoisotopic (exact) mass is 565 g/mol. The minimum absolute atomic E-state index is 0.131. The Morgan fingerprint density at radius 3 is 2.65 bits per heavy atom. The van der Waals surface area contributed by atoms with Crippen LogP contribution in [0.3, 0.4) is 0 Å². The van der Waals surface area contributed by atoms with Gasteiger partial charge in [-0.05, 0) is 87.2 Å². The van der Waals surface area contributed by atoms with E-state index in [-0.39, 0.29) is 19.0 Å². The summed E-state index contributed by atoms with van der Waals surface area (Å²) in [4.78, 5) is 12.1. The molecule has 0 saturated carbocycles. The van der Waals surface area contributed by atoms with E-state index in [9.17, 15) is 13.7 Å². The van der Waals surface area contributed by atoms with Crippen LogP contribution in [0.2, 0.25) is 0 Å². The van der Waals surface area contributed by atoms with Gasteiger partial charge in [-0.1, -0.05) is 30.3 Å². The number of carbonyl (C=O) groups excluding carboxylic acids is 1. The Hall–Kier alpha value is -3.33. The van der Waals surface area contributed by atoms with E-state index in [1.165, 1.54) is 0 Å². The van der Waals surface area contributed by atoms with Gasteiger partial charge in [-0.25, -0.2) is 4.39 Å². The molecule has 0 amide bonds. The third-order valence-corrected chi connectivity index (χ3v) is 8.04. The van der Waals surface area contributed by atoms with Gasteiger partial charge in [0.2, 0.25) is 0 Å².